The lowest BCUT2D eigenvalue weighted by atomic mass is 9.48. The lowest BCUT2D eigenvalue weighted by molar-refractivity contribution is -0.0507. The van der Waals surface area contributed by atoms with Crippen LogP contribution in [-0.4, -0.2) is 60.7 Å². The van der Waals surface area contributed by atoms with Gasteiger partial charge in [-0.3, -0.25) is 9.78 Å². The molecule has 7 nitrogen and oxygen atoms in total. The van der Waals surface area contributed by atoms with Gasteiger partial charge < -0.3 is 19.9 Å². The van der Waals surface area contributed by atoms with Crippen molar-refractivity contribution in [1.29, 1.82) is 0 Å². The molecule has 0 unspecified atom stereocenters. The number of nitrogens with zero attached hydrogens (tertiary/aromatic N) is 4. The molecule has 12 heteroatoms. The number of imidazole rings is 1. The molecule has 0 saturated heterocycles. The van der Waals surface area contributed by atoms with Crippen molar-refractivity contribution in [3.05, 3.63) is 77.4 Å². The minimum absolute atomic E-state index is 0.0257. The van der Waals surface area contributed by atoms with Crippen molar-refractivity contribution in [1.82, 2.24) is 19.4 Å². The van der Waals surface area contributed by atoms with Crippen molar-refractivity contribution < 1.29 is 18.3 Å². The van der Waals surface area contributed by atoms with E-state index in [1.54, 1.807) is 12.1 Å². The smallest absolute Gasteiger partial charge is 0.387 e. The van der Waals surface area contributed by atoms with Crippen LogP contribution in [0.25, 0.3) is 22.2 Å². The van der Waals surface area contributed by atoms with Gasteiger partial charge >= 0.3 is 6.61 Å². The summed E-state index contributed by atoms with van der Waals surface area (Å²) in [5.74, 6) is 0.572. The summed E-state index contributed by atoms with van der Waals surface area (Å²) in [4.78, 5) is 25.4. The molecule has 4 aromatic rings. The average Bonchev–Trinajstić information content (AvgIpc) is 3.39. The minimum atomic E-state index is -3.01. The molecule has 1 fully saturated rings. The maximum absolute atomic E-state index is 13.9. The van der Waals surface area contributed by atoms with Gasteiger partial charge in [0.1, 0.15) is 35.1 Å². The molecule has 200 valence electrons. The zero-order valence-electron chi connectivity index (χ0n) is 22.7. The first kappa shape index (κ1) is 25.3. The van der Waals surface area contributed by atoms with Gasteiger partial charge in [0.15, 0.2) is 0 Å². The fourth-order valence-corrected chi connectivity index (χ4v) is 6.73. The molecule has 2 aromatic carbocycles. The van der Waals surface area contributed by atoms with Crippen LogP contribution >= 0.6 is 0 Å². The second-order valence-electron chi connectivity index (χ2n) is 12.2. The second kappa shape index (κ2) is 8.67. The first-order valence-corrected chi connectivity index (χ1v) is 13.7. The van der Waals surface area contributed by atoms with Crippen LogP contribution in [0, 0.1) is 0 Å². The zero-order valence-corrected chi connectivity index (χ0v) is 22.7. The van der Waals surface area contributed by atoms with E-state index in [0.29, 0.717) is 17.5 Å². The number of fused-ring (bicyclic) bond motifs is 9. The molecule has 2 N–H and O–H groups in total. The predicted octanol–water partition coefficient (Wildman–Crippen LogP) is 2.04. The van der Waals surface area contributed by atoms with E-state index >= 15 is 0 Å². The molecule has 4 heterocycles. The Morgan fingerprint density at radius 2 is 1.85 bits per heavy atom. The SMILES string of the molecule is BC(B)(B)N1C(=O)c2cccc(OC(F)F)c2[C@H]2C[C@@H]1c1nc3ccc(-c4ccc(C5(N)CCC5)nc4)cc3n12. The standard InChI is InChI=1S/C28H28B3F2N5O2/c29-28(30,31)38-20-12-19(23-16(25(38)39)3-1-4-21(23)40-26(32)33)37-18-11-14(5-7-17(18)36-24(20)37)15-6-8-22(35-13-15)27(34)9-2-10-27/h1,3-8,11,13,19-20,26H,2,9-10,12,29-31,34H2/t19-,20-/m1/s1. The fourth-order valence-electron chi connectivity index (χ4n) is 6.73. The number of alkyl halides is 2. The molecule has 2 atom stereocenters. The normalized spacial score (nSPS) is 21.2. The van der Waals surface area contributed by atoms with Gasteiger partial charge in [0.05, 0.1) is 34.3 Å². The Kier molecular flexibility index (Phi) is 5.49. The second-order valence-corrected chi connectivity index (χ2v) is 12.2. The van der Waals surface area contributed by atoms with Crippen LogP contribution in [0.3, 0.4) is 0 Å². The van der Waals surface area contributed by atoms with E-state index in [-0.39, 0.29) is 23.2 Å². The predicted molar refractivity (Wildman–Crippen MR) is 156 cm³/mol. The number of halogens is 2. The molecule has 1 saturated carbocycles. The topological polar surface area (TPSA) is 86.3 Å². The van der Waals surface area contributed by atoms with Gasteiger partial charge in [-0.2, -0.15) is 8.78 Å². The van der Waals surface area contributed by atoms with E-state index in [1.165, 1.54) is 6.07 Å². The number of ether oxygens (including phenoxy) is 1. The van der Waals surface area contributed by atoms with E-state index in [1.807, 2.05) is 58.9 Å². The Labute approximate surface area is 233 Å². The van der Waals surface area contributed by atoms with Crippen molar-refractivity contribution in [2.45, 2.75) is 55.2 Å². The van der Waals surface area contributed by atoms with Crippen LogP contribution < -0.4 is 10.5 Å². The third kappa shape index (κ3) is 3.72. The van der Waals surface area contributed by atoms with Gasteiger partial charge in [0.25, 0.3) is 5.91 Å². The van der Waals surface area contributed by atoms with Gasteiger partial charge in [0, 0.05) is 29.3 Å². The molecule has 0 radical (unpaired) electrons. The van der Waals surface area contributed by atoms with Crippen LogP contribution in [0.15, 0.2) is 54.7 Å². The molecule has 2 bridgehead atoms. The molecular weight excluding hydrogens is 509 g/mol. The van der Waals surface area contributed by atoms with Crippen LogP contribution in [0.4, 0.5) is 8.78 Å². The summed E-state index contributed by atoms with van der Waals surface area (Å²) in [6, 6.07) is 14.2. The number of pyridine rings is 1. The molecule has 0 spiro atoms. The monoisotopic (exact) mass is 537 g/mol. The molecule has 7 rings (SSSR count). The lowest BCUT2D eigenvalue weighted by Crippen LogP contribution is -2.54. The average molecular weight is 537 g/mol. The number of nitrogens with two attached hydrogens (primary N) is 1. The maximum atomic E-state index is 13.9. The summed E-state index contributed by atoms with van der Waals surface area (Å²) in [6.07, 6.45) is 5.40. The molecule has 2 aliphatic heterocycles. The molecule has 1 aliphatic carbocycles. The summed E-state index contributed by atoms with van der Waals surface area (Å²) in [6.45, 7) is -3.01. The highest BCUT2D eigenvalue weighted by Gasteiger charge is 2.48. The van der Waals surface area contributed by atoms with Crippen molar-refractivity contribution >= 4 is 40.5 Å². The van der Waals surface area contributed by atoms with E-state index in [4.69, 9.17) is 15.5 Å². The number of rotatable bonds is 5. The summed E-state index contributed by atoms with van der Waals surface area (Å²) < 4.78 is 34.1. The summed E-state index contributed by atoms with van der Waals surface area (Å²) in [7, 11) is 5.96. The molecule has 1 amide bonds. The number of hydrogen-bond acceptors (Lipinski definition) is 5. The number of benzene rings is 2. The summed E-state index contributed by atoms with van der Waals surface area (Å²) in [5, 5.41) is -0.528. The highest BCUT2D eigenvalue weighted by Crippen LogP contribution is 2.51. The van der Waals surface area contributed by atoms with Crippen LogP contribution in [0.1, 0.15) is 65.2 Å². The Balaban J connectivity index is 1.40. The Morgan fingerprint density at radius 1 is 1.07 bits per heavy atom. The first-order valence-electron chi connectivity index (χ1n) is 13.7. The van der Waals surface area contributed by atoms with Gasteiger partial charge in [-0.25, -0.2) is 4.98 Å². The van der Waals surface area contributed by atoms with Crippen LogP contribution in [0.2, 0.25) is 0 Å². The number of hydrogen-bond donors (Lipinski definition) is 1. The van der Waals surface area contributed by atoms with E-state index in [0.717, 1.165) is 52.9 Å². The minimum Gasteiger partial charge on any atom is -0.434 e. The number of amides is 1. The maximum Gasteiger partial charge on any atom is 0.387 e. The highest BCUT2D eigenvalue weighted by molar-refractivity contribution is 6.60. The van der Waals surface area contributed by atoms with E-state index in [2.05, 4.69) is 15.6 Å². The Hall–Kier alpha value is -3.66. The number of aromatic nitrogens is 3. The Morgan fingerprint density at radius 3 is 2.50 bits per heavy atom. The van der Waals surface area contributed by atoms with Gasteiger partial charge in [0.2, 0.25) is 0 Å². The largest absolute Gasteiger partial charge is 0.434 e. The van der Waals surface area contributed by atoms with E-state index in [9.17, 15) is 13.6 Å². The molecular formula is C28H28B3F2N5O2. The van der Waals surface area contributed by atoms with Crippen LogP contribution in [0.5, 0.6) is 5.75 Å². The van der Waals surface area contributed by atoms with E-state index < -0.39 is 17.9 Å². The fraction of sp³-hybridized carbons (Fsp3) is 0.321. The molecule has 2 aromatic heterocycles. The third-order valence-corrected chi connectivity index (χ3v) is 8.72. The van der Waals surface area contributed by atoms with Crippen molar-refractivity contribution in [3.8, 4) is 16.9 Å². The van der Waals surface area contributed by atoms with Gasteiger partial charge in [-0.15, -0.1) is 0 Å². The van der Waals surface area contributed by atoms with Crippen molar-refractivity contribution in [3.63, 3.8) is 0 Å². The quantitative estimate of drug-likeness (QED) is 0.395. The van der Waals surface area contributed by atoms with Crippen LogP contribution in [-0.2, 0) is 5.54 Å². The Bertz CT molecular complexity index is 1670. The highest BCUT2D eigenvalue weighted by atomic mass is 19.3. The first-order chi connectivity index (χ1) is 19.0. The summed E-state index contributed by atoms with van der Waals surface area (Å²) >= 11 is 0. The zero-order chi connectivity index (χ0) is 28.0. The van der Waals surface area contributed by atoms with Gasteiger partial charge in [-0.05, 0) is 60.4 Å². The van der Waals surface area contributed by atoms with Crippen molar-refractivity contribution in [2.24, 2.45) is 5.73 Å². The number of carbonyl (C=O) groups is 1. The van der Waals surface area contributed by atoms with Gasteiger partial charge in [-0.1, -0.05) is 18.2 Å². The van der Waals surface area contributed by atoms with Crippen molar-refractivity contribution in [2.75, 3.05) is 0 Å². The third-order valence-electron chi connectivity index (χ3n) is 8.72. The number of carbonyl (C=O) groups excluding carboxylic acids is 1. The summed E-state index contributed by atoms with van der Waals surface area (Å²) in [5.41, 5.74) is 11.5. The molecule has 3 aliphatic rings. The molecule has 40 heavy (non-hydrogen) atoms. The lowest BCUT2D eigenvalue weighted by Gasteiger charge is -2.40.